The number of fused-ring (bicyclic) bond motifs is 3. The first-order chi connectivity index (χ1) is 16.5. The third kappa shape index (κ3) is 3.79. The van der Waals surface area contributed by atoms with E-state index in [1.165, 1.54) is 7.11 Å². The molecular formula is C25H24N4O5. The van der Waals surface area contributed by atoms with Crippen molar-refractivity contribution in [3.05, 3.63) is 75.7 Å². The molecule has 1 aliphatic rings. The van der Waals surface area contributed by atoms with Gasteiger partial charge in [-0.05, 0) is 25.1 Å². The zero-order valence-corrected chi connectivity index (χ0v) is 19.1. The van der Waals surface area contributed by atoms with Gasteiger partial charge in [0.25, 0.3) is 5.56 Å². The minimum absolute atomic E-state index is 0.00203. The number of H-pyrrole nitrogens is 1. The number of carbonyl (C=O) groups excluding carboxylic acids is 1. The third-order valence-corrected chi connectivity index (χ3v) is 6.21. The number of aromatic amines is 1. The number of hydrogen-bond donors (Lipinski definition) is 1. The Morgan fingerprint density at radius 2 is 2.09 bits per heavy atom. The number of nitrogens with zero attached hydrogens (tertiary/aromatic N) is 3. The van der Waals surface area contributed by atoms with Crippen LogP contribution in [0.5, 0.6) is 17.4 Å². The lowest BCUT2D eigenvalue weighted by atomic mass is 9.86. The Balaban J connectivity index is 1.63. The maximum absolute atomic E-state index is 13.7. The number of aromatic nitrogens is 4. The van der Waals surface area contributed by atoms with Crippen molar-refractivity contribution in [1.82, 2.24) is 19.5 Å². The summed E-state index contributed by atoms with van der Waals surface area (Å²) in [6, 6.07) is 9.30. The number of benzene rings is 1. The molecule has 0 spiro atoms. The van der Waals surface area contributed by atoms with Crippen LogP contribution >= 0.6 is 0 Å². The molecule has 0 saturated heterocycles. The second kappa shape index (κ2) is 8.66. The SMILES string of the molecule is COC(=O)C[C@@H]1c2cc3ccc(OC)cc3nc2Oc2cc(C)n(CCc3cnc[nH]3)c(=O)c21. The Hall–Kier alpha value is -4.14. The average molecular weight is 460 g/mol. The summed E-state index contributed by atoms with van der Waals surface area (Å²) in [6.45, 7) is 2.33. The molecule has 4 aromatic rings. The molecule has 34 heavy (non-hydrogen) atoms. The number of pyridine rings is 2. The zero-order valence-electron chi connectivity index (χ0n) is 19.1. The maximum atomic E-state index is 13.7. The average Bonchev–Trinajstić information content (AvgIpc) is 3.35. The smallest absolute Gasteiger partial charge is 0.306 e. The molecule has 4 heterocycles. The summed E-state index contributed by atoms with van der Waals surface area (Å²) in [7, 11) is 2.94. The molecule has 0 aliphatic carbocycles. The van der Waals surface area contributed by atoms with Crippen molar-refractivity contribution in [2.45, 2.75) is 32.2 Å². The topological polar surface area (TPSA) is 108 Å². The number of methoxy groups -OCH3 is 2. The van der Waals surface area contributed by atoms with Crippen LogP contribution in [0.15, 0.2) is 47.7 Å². The largest absolute Gasteiger partial charge is 0.497 e. The molecule has 0 amide bonds. The van der Waals surface area contributed by atoms with Crippen LogP contribution in [-0.4, -0.2) is 39.7 Å². The highest BCUT2D eigenvalue weighted by Gasteiger charge is 2.34. The van der Waals surface area contributed by atoms with Gasteiger partial charge in [-0.1, -0.05) is 0 Å². The van der Waals surface area contributed by atoms with E-state index in [4.69, 9.17) is 14.2 Å². The molecule has 5 rings (SSSR count). The summed E-state index contributed by atoms with van der Waals surface area (Å²) in [6.07, 6.45) is 3.97. The summed E-state index contributed by atoms with van der Waals surface area (Å²) < 4.78 is 18.1. The van der Waals surface area contributed by atoms with Gasteiger partial charge >= 0.3 is 5.97 Å². The number of ether oxygens (including phenoxy) is 3. The highest BCUT2D eigenvalue weighted by molar-refractivity contribution is 5.83. The monoisotopic (exact) mass is 460 g/mol. The molecule has 0 saturated carbocycles. The summed E-state index contributed by atoms with van der Waals surface area (Å²) in [5.74, 6) is 0.505. The van der Waals surface area contributed by atoms with Crippen molar-refractivity contribution in [3.8, 4) is 17.4 Å². The lowest BCUT2D eigenvalue weighted by molar-refractivity contribution is -0.140. The van der Waals surface area contributed by atoms with E-state index in [9.17, 15) is 9.59 Å². The van der Waals surface area contributed by atoms with Crippen molar-refractivity contribution in [3.63, 3.8) is 0 Å². The van der Waals surface area contributed by atoms with Crippen molar-refractivity contribution >= 4 is 16.9 Å². The first-order valence-electron chi connectivity index (χ1n) is 10.9. The fraction of sp³-hybridized carbons (Fsp3) is 0.280. The van der Waals surface area contributed by atoms with Crippen LogP contribution < -0.4 is 15.0 Å². The number of imidazole rings is 1. The Bertz CT molecular complexity index is 1440. The van der Waals surface area contributed by atoms with Crippen molar-refractivity contribution in [2.24, 2.45) is 0 Å². The van der Waals surface area contributed by atoms with E-state index < -0.39 is 11.9 Å². The minimum atomic E-state index is -0.545. The van der Waals surface area contributed by atoms with E-state index in [1.54, 1.807) is 24.2 Å². The standard InChI is InChI=1S/C25H24N4O5/c1-14-8-21-23(25(31)29(14)7-6-16-12-26-13-27-16)18(11-22(30)33-3)19-9-15-4-5-17(32-2)10-20(15)28-24(19)34-21/h4-5,8-10,12-13,18H,6-7,11H2,1-3H3,(H,26,27)/t18-/m1/s1. The van der Waals surface area contributed by atoms with Gasteiger partial charge in [-0.25, -0.2) is 9.97 Å². The first-order valence-corrected chi connectivity index (χ1v) is 10.9. The fourth-order valence-electron chi connectivity index (χ4n) is 4.42. The normalized spacial score (nSPS) is 14.3. The van der Waals surface area contributed by atoms with E-state index in [0.717, 1.165) is 16.8 Å². The molecule has 1 aromatic carbocycles. The highest BCUT2D eigenvalue weighted by Crippen LogP contribution is 2.45. The number of rotatable bonds is 6. The van der Waals surface area contributed by atoms with Gasteiger partial charge in [0.2, 0.25) is 5.88 Å². The highest BCUT2D eigenvalue weighted by atomic mass is 16.5. The molecule has 0 radical (unpaired) electrons. The molecular weight excluding hydrogens is 436 g/mol. The van der Waals surface area contributed by atoms with E-state index in [-0.39, 0.29) is 12.0 Å². The van der Waals surface area contributed by atoms with Gasteiger partial charge in [0.1, 0.15) is 11.5 Å². The molecule has 1 atom stereocenters. The van der Waals surface area contributed by atoms with Gasteiger partial charge in [0, 0.05) is 59.6 Å². The van der Waals surface area contributed by atoms with E-state index >= 15 is 0 Å². The van der Waals surface area contributed by atoms with E-state index in [2.05, 4.69) is 15.0 Å². The number of esters is 1. The van der Waals surface area contributed by atoms with Crippen molar-refractivity contribution in [2.75, 3.05) is 14.2 Å². The third-order valence-electron chi connectivity index (χ3n) is 6.21. The molecule has 0 unspecified atom stereocenters. The molecule has 9 heteroatoms. The molecule has 174 valence electrons. The lowest BCUT2D eigenvalue weighted by Crippen LogP contribution is -2.31. The van der Waals surface area contributed by atoms with Crippen LogP contribution in [0.1, 0.15) is 34.9 Å². The van der Waals surface area contributed by atoms with Gasteiger partial charge in [-0.15, -0.1) is 0 Å². The molecule has 0 fully saturated rings. The Labute approximate surface area is 195 Å². The molecule has 3 aromatic heterocycles. The summed E-state index contributed by atoms with van der Waals surface area (Å²) >= 11 is 0. The first kappa shape index (κ1) is 21.7. The summed E-state index contributed by atoms with van der Waals surface area (Å²) in [5.41, 5.74) is 3.31. The van der Waals surface area contributed by atoms with Crippen LogP contribution in [0.25, 0.3) is 10.9 Å². The number of hydrogen-bond acceptors (Lipinski definition) is 7. The van der Waals surface area contributed by atoms with Gasteiger partial charge in [0.15, 0.2) is 0 Å². The summed E-state index contributed by atoms with van der Waals surface area (Å²) in [5, 5.41) is 0.855. The van der Waals surface area contributed by atoms with E-state index in [0.29, 0.717) is 47.0 Å². The lowest BCUT2D eigenvalue weighted by Gasteiger charge is -2.28. The number of carbonyl (C=O) groups is 1. The van der Waals surface area contributed by atoms with Gasteiger partial charge in [0.05, 0.1) is 38.0 Å². The van der Waals surface area contributed by atoms with Crippen molar-refractivity contribution < 1.29 is 19.0 Å². The molecule has 1 aliphatic heterocycles. The molecule has 9 nitrogen and oxygen atoms in total. The van der Waals surface area contributed by atoms with Crippen LogP contribution in [0.3, 0.4) is 0 Å². The van der Waals surface area contributed by atoms with Crippen LogP contribution in [-0.2, 0) is 22.5 Å². The van der Waals surface area contributed by atoms with Crippen molar-refractivity contribution in [1.29, 1.82) is 0 Å². The summed E-state index contributed by atoms with van der Waals surface area (Å²) in [4.78, 5) is 37.8. The zero-order chi connectivity index (χ0) is 23.8. The predicted octanol–water partition coefficient (Wildman–Crippen LogP) is 3.48. The second-order valence-corrected chi connectivity index (χ2v) is 8.22. The maximum Gasteiger partial charge on any atom is 0.306 e. The van der Waals surface area contributed by atoms with Gasteiger partial charge in [-0.3, -0.25) is 9.59 Å². The molecule has 0 bridgehead atoms. The van der Waals surface area contributed by atoms with Crippen LogP contribution in [0, 0.1) is 6.92 Å². The van der Waals surface area contributed by atoms with Gasteiger partial charge < -0.3 is 23.8 Å². The molecule has 1 N–H and O–H groups in total. The second-order valence-electron chi connectivity index (χ2n) is 8.22. The quantitative estimate of drug-likeness (QED) is 0.439. The fourth-order valence-corrected chi connectivity index (χ4v) is 4.42. The Morgan fingerprint density at radius 3 is 2.82 bits per heavy atom. The van der Waals surface area contributed by atoms with E-state index in [1.807, 2.05) is 37.3 Å². The van der Waals surface area contributed by atoms with Crippen LogP contribution in [0.2, 0.25) is 0 Å². The minimum Gasteiger partial charge on any atom is -0.497 e. The van der Waals surface area contributed by atoms with Gasteiger partial charge in [-0.2, -0.15) is 0 Å². The Morgan fingerprint density at radius 1 is 1.24 bits per heavy atom. The predicted molar refractivity (Wildman–Crippen MR) is 125 cm³/mol. The Kier molecular flexibility index (Phi) is 5.53. The van der Waals surface area contributed by atoms with Crippen LogP contribution in [0.4, 0.5) is 0 Å². The number of aryl methyl sites for hydroxylation is 2. The number of nitrogens with one attached hydrogen (secondary N) is 1.